The van der Waals surface area contributed by atoms with Gasteiger partial charge in [-0.2, -0.15) is 0 Å². The molecule has 5 aromatic rings. The number of carbonyl (C=O) groups is 2. The first kappa shape index (κ1) is 65.3. The predicted octanol–water partition coefficient (Wildman–Crippen LogP) is 6.49. The van der Waals surface area contributed by atoms with Crippen LogP contribution in [-0.2, 0) is 41.6 Å². The van der Waals surface area contributed by atoms with Crippen LogP contribution < -0.4 is 30.1 Å². The predicted molar refractivity (Wildman–Crippen MR) is 299 cm³/mol. The summed E-state index contributed by atoms with van der Waals surface area (Å²) in [4.78, 5) is 58.8. The Morgan fingerprint density at radius 3 is 1.61 bits per heavy atom. The van der Waals surface area contributed by atoms with Crippen LogP contribution in [0.4, 0.5) is 5.82 Å². The van der Waals surface area contributed by atoms with Gasteiger partial charge in [-0.05, 0) is 68.5 Å². The Morgan fingerprint density at radius 2 is 1.31 bits per heavy atom. The number of nitrogens with zero attached hydrogens (tertiary/aromatic N) is 5. The van der Waals surface area contributed by atoms with Crippen molar-refractivity contribution in [2.75, 3.05) is 29.8 Å². The van der Waals surface area contributed by atoms with E-state index in [9.17, 15) is 29.4 Å². The van der Waals surface area contributed by atoms with Gasteiger partial charge in [0.25, 0.3) is 11.1 Å². The number of cyclic esters (lactones) is 1. The van der Waals surface area contributed by atoms with Crippen molar-refractivity contribution in [2.24, 2.45) is 5.92 Å². The number of hydrogen-bond acceptors (Lipinski definition) is 13. The molecule has 0 aromatic carbocycles. The molecule has 1 saturated heterocycles. The van der Waals surface area contributed by atoms with Crippen LogP contribution in [0.2, 0.25) is 0 Å². The van der Waals surface area contributed by atoms with Gasteiger partial charge in [0, 0.05) is 66.4 Å². The zero-order chi connectivity index (χ0) is 47.2. The van der Waals surface area contributed by atoms with Gasteiger partial charge in [-0.1, -0.05) is 22.6 Å². The third kappa shape index (κ3) is 26.0. The molecule has 1 fully saturated rings. The third-order valence-electron chi connectivity index (χ3n) is 7.22. The van der Waals surface area contributed by atoms with E-state index in [4.69, 9.17) is 27.5 Å². The van der Waals surface area contributed by atoms with E-state index in [0.29, 0.717) is 70.6 Å². The van der Waals surface area contributed by atoms with Gasteiger partial charge in [0.2, 0.25) is 0 Å². The van der Waals surface area contributed by atoms with E-state index in [0.717, 1.165) is 0 Å². The number of aromatic hydroxyl groups is 3. The second-order valence-corrected chi connectivity index (χ2v) is 74.7. The first-order valence-corrected chi connectivity index (χ1v) is 54.3. The van der Waals surface area contributed by atoms with Gasteiger partial charge in [0.15, 0.2) is 34.4 Å². The molecular formula is C34H40ClI9N6O9V2-. The molecule has 0 bridgehead atoms. The SMILES string of the molecule is CC(=O)C1CCOC1=O.CI.Cc1nc2c(O)cccn2c(=O)c1CCCl.Cc1nc2c(O)cccn2c(=O)c1CCO.I[I-]I.Nc1ncccc1O.[I][V]([I])[I].[I][V][I]. The van der Waals surface area contributed by atoms with Crippen molar-refractivity contribution in [1.82, 2.24) is 23.8 Å². The Labute approximate surface area is 468 Å². The van der Waals surface area contributed by atoms with E-state index in [1.165, 1.54) is 40.1 Å². The van der Waals surface area contributed by atoms with E-state index in [2.05, 4.69) is 179 Å². The Bertz CT molecular complexity index is 2070. The Balaban J connectivity index is 0. The summed E-state index contributed by atoms with van der Waals surface area (Å²) < 4.78 is 7.19. The number of aliphatic hydroxyl groups excluding tert-OH is 1. The number of rotatable bonds is 5. The van der Waals surface area contributed by atoms with Crippen LogP contribution in [-0.4, -0.2) is 80.0 Å². The number of halogens is 10. The molecule has 61 heavy (non-hydrogen) atoms. The summed E-state index contributed by atoms with van der Waals surface area (Å²) in [6, 6.07) is 9.26. The van der Waals surface area contributed by atoms with Crippen LogP contribution >= 0.6 is 171 Å². The number of ether oxygens (including phenoxy) is 1. The van der Waals surface area contributed by atoms with Crippen molar-refractivity contribution in [3.63, 3.8) is 0 Å². The number of Topliss-reactive ketones (excluding diaryl/α,β-unsaturated/α-hetero) is 1. The zero-order valence-electron chi connectivity index (χ0n) is 32.3. The van der Waals surface area contributed by atoms with Crippen LogP contribution in [0.25, 0.3) is 11.3 Å². The average Bonchev–Trinajstić information content (AvgIpc) is 3.65. The molecule has 0 aliphatic carbocycles. The van der Waals surface area contributed by atoms with Crippen molar-refractivity contribution in [3.05, 3.63) is 98.2 Å². The number of aliphatic hydroxyl groups is 1. The summed E-state index contributed by atoms with van der Waals surface area (Å²) in [5.74, 6) is -0.355. The maximum absolute atomic E-state index is 12.0. The molecule has 5 aromatic heterocycles. The van der Waals surface area contributed by atoms with Gasteiger partial charge in [0.1, 0.15) is 11.7 Å². The third-order valence-corrected chi connectivity index (χ3v) is 7.41. The van der Waals surface area contributed by atoms with Gasteiger partial charge in [-0.25, -0.2) is 15.0 Å². The first-order valence-electron chi connectivity index (χ1n) is 16.5. The van der Waals surface area contributed by atoms with E-state index >= 15 is 0 Å². The maximum atomic E-state index is 12.0. The number of pyridine rings is 3. The molecule has 6 heterocycles. The molecule has 1 aliphatic rings. The van der Waals surface area contributed by atoms with Crippen molar-refractivity contribution in [1.29, 1.82) is 0 Å². The number of hydrogen-bond donors (Lipinski definition) is 5. The van der Waals surface area contributed by atoms with Gasteiger partial charge in [-0.3, -0.25) is 28.0 Å². The second-order valence-electron chi connectivity index (χ2n) is 10.9. The summed E-state index contributed by atoms with van der Waals surface area (Å²) in [7, 11) is 0.628. The number of ketones is 1. The number of aromatic nitrogens is 5. The molecule has 0 spiro atoms. The quantitative estimate of drug-likeness (QED) is 0.0549. The van der Waals surface area contributed by atoms with Gasteiger partial charge in [0.05, 0.1) is 6.61 Å². The fraction of sp³-hybridized carbons (Fsp3) is 0.324. The van der Waals surface area contributed by atoms with Crippen LogP contribution in [0.1, 0.15) is 35.9 Å². The monoisotopic (exact) mass is 1960 g/mol. The number of aryl methyl sites for hydroxylation is 2. The Hall–Kier alpha value is 2.20. The Morgan fingerprint density at radius 1 is 0.902 bits per heavy atom. The number of esters is 1. The van der Waals surface area contributed by atoms with E-state index < -0.39 is 5.92 Å². The molecule has 341 valence electrons. The summed E-state index contributed by atoms with van der Waals surface area (Å²) in [6.07, 6.45) is 5.98. The minimum absolute atomic E-state index is 0.000114. The van der Waals surface area contributed by atoms with Crippen LogP contribution in [0.15, 0.2) is 64.6 Å². The van der Waals surface area contributed by atoms with Crippen LogP contribution in [0.5, 0.6) is 17.2 Å². The number of alkyl halides is 2. The molecule has 0 saturated carbocycles. The second kappa shape index (κ2) is 39.1. The molecule has 0 radical (unpaired) electrons. The average molecular weight is 1960 g/mol. The standard InChI is InChI=1S/C11H11ClN2O2.C11H12N2O3.C6H8O3.C5H6N2O.CH3I.I3.5HI.2V/c1-7-8(4-5-12)11(16)14-6-2-3-9(15)10(14)13-7;1-7-8(4-6-14)11(16)13-5-2-3-9(15)10(13)12-7;1-4(7)5-2-3-9-6(5)8;6-5-4(8)2-1-3-7-5;1-2;1-3-2;;;;;;;/h2-3,6,15H,4-5H2,1H3;2-3,5,14-15H,4,6H2,1H3;5H,2-3H2,1H3;1-3,8H,(H2,6,7);1H3;;5*1H;;/q;;;;;-1;;;;;;+2;+3/p-5. The molecule has 0 amide bonds. The van der Waals surface area contributed by atoms with Crippen molar-refractivity contribution in [3.8, 4) is 17.2 Å². The van der Waals surface area contributed by atoms with E-state index in [-0.39, 0.29) is 75.2 Å². The number of carbonyl (C=O) groups excluding carboxylic acids is 2. The number of nitrogens with two attached hydrogens (primary N) is 1. The Kier molecular flexibility index (Phi) is 41.8. The van der Waals surface area contributed by atoms with Crippen LogP contribution in [0, 0.1) is 19.8 Å². The minimum atomic E-state index is -0.468. The molecule has 27 heteroatoms. The topological polar surface area (TPSA) is 232 Å². The van der Waals surface area contributed by atoms with Crippen molar-refractivity contribution >= 4 is 200 Å². The zero-order valence-corrected chi connectivity index (χ0v) is 55.3. The number of nitrogen functional groups attached to an aromatic ring is 1. The van der Waals surface area contributed by atoms with E-state index in [1.54, 1.807) is 44.4 Å². The van der Waals surface area contributed by atoms with Gasteiger partial charge < -0.3 is 30.9 Å². The molecule has 1 atom stereocenters. The molecule has 1 aliphatic heterocycles. The van der Waals surface area contributed by atoms with Gasteiger partial charge in [-0.15, -0.1) is 11.6 Å². The molecule has 15 nitrogen and oxygen atoms in total. The molecular weight excluding hydrogens is 1920 g/mol. The fourth-order valence-electron chi connectivity index (χ4n) is 4.64. The molecule has 1 unspecified atom stereocenters. The van der Waals surface area contributed by atoms with Gasteiger partial charge >= 0.3 is 171 Å². The summed E-state index contributed by atoms with van der Waals surface area (Å²) in [5.41, 5.74) is 7.50. The number of fused-ring (bicyclic) bond motifs is 2. The molecule has 6 N–H and O–H groups in total. The number of anilines is 1. The van der Waals surface area contributed by atoms with Crippen molar-refractivity contribution < 1.29 is 62.4 Å². The fourth-order valence-corrected chi connectivity index (χ4v) is 4.83. The molecule has 6 rings (SSSR count). The van der Waals surface area contributed by atoms with E-state index in [1.807, 2.05) is 4.93 Å². The van der Waals surface area contributed by atoms with Crippen molar-refractivity contribution in [2.45, 2.75) is 40.0 Å². The van der Waals surface area contributed by atoms with Crippen LogP contribution in [0.3, 0.4) is 0 Å². The summed E-state index contributed by atoms with van der Waals surface area (Å²) >= 11 is 25.2. The summed E-state index contributed by atoms with van der Waals surface area (Å²) in [5, 5.41) is 36.8. The summed E-state index contributed by atoms with van der Waals surface area (Å²) in [6.45, 7) is 5.16. The first-order chi connectivity index (χ1) is 28.9. The normalized spacial score (nSPS) is 12.0.